The third-order valence-corrected chi connectivity index (χ3v) is 5.76. The Morgan fingerprint density at radius 2 is 0.933 bits per heavy atom. The molecular formula is C6H12O18P6+4. The Labute approximate surface area is 170 Å². The summed E-state index contributed by atoms with van der Waals surface area (Å²) in [4.78, 5) is 54.4. The maximum atomic E-state index is 11.3. The van der Waals surface area contributed by atoms with Crippen LogP contribution in [0.2, 0.25) is 0 Å². The molecule has 18 nitrogen and oxygen atoms in total. The molecule has 0 aromatic heterocycles. The van der Waals surface area contributed by atoms with Crippen LogP contribution in [0.4, 0.5) is 0 Å². The van der Waals surface area contributed by atoms with E-state index in [2.05, 4.69) is 27.1 Å². The molecule has 0 heterocycles. The molecule has 0 aromatic rings. The molecular weight excluding hydrogens is 546 g/mol. The molecule has 24 heteroatoms. The molecule has 1 rings (SSSR count). The first-order valence-electron chi connectivity index (χ1n) is 6.81. The Morgan fingerprint density at radius 1 is 0.633 bits per heavy atom. The maximum Gasteiger partial charge on any atom is 0.695 e. The predicted molar refractivity (Wildman–Crippen MR) is 88.2 cm³/mol. The monoisotopic (exact) mass is 558 g/mol. The fourth-order valence-corrected chi connectivity index (χ4v) is 5.16. The summed E-state index contributed by atoms with van der Waals surface area (Å²) in [6.45, 7) is 0. The first kappa shape index (κ1) is 28.3. The van der Waals surface area contributed by atoms with Gasteiger partial charge < -0.3 is 9.79 Å². The summed E-state index contributed by atoms with van der Waals surface area (Å²) >= 11 is 0. The molecule has 1 aliphatic rings. The molecule has 0 saturated heterocycles. The van der Waals surface area contributed by atoms with Gasteiger partial charge in [-0.15, -0.1) is 37.7 Å². The van der Waals surface area contributed by atoms with Crippen LogP contribution in [0.25, 0.3) is 0 Å². The average Bonchev–Trinajstić information content (AvgIpc) is 2.54. The van der Waals surface area contributed by atoms with Crippen molar-refractivity contribution < 1.29 is 83.9 Å². The summed E-state index contributed by atoms with van der Waals surface area (Å²) < 4.78 is 94.0. The third kappa shape index (κ3) is 9.01. The van der Waals surface area contributed by atoms with Crippen LogP contribution < -0.4 is 0 Å². The highest BCUT2D eigenvalue weighted by atomic mass is 31.2. The van der Waals surface area contributed by atoms with Crippen LogP contribution >= 0.6 is 49.5 Å². The average molecular weight is 558 g/mol. The SMILES string of the molecule is O=POC1C(O[P+](=O)O)C(O[P+](=O)O)C(OP(=O)(O)O)C(O[P+](=O)O)C1O[P+](=O)O. The number of rotatable bonds is 12. The Hall–Kier alpha value is 0.250. The summed E-state index contributed by atoms with van der Waals surface area (Å²) in [6.07, 6.45) is -13.4. The van der Waals surface area contributed by atoms with E-state index in [1.54, 1.807) is 0 Å². The Balaban J connectivity index is 3.67. The van der Waals surface area contributed by atoms with E-state index in [-0.39, 0.29) is 0 Å². The van der Waals surface area contributed by atoms with Crippen molar-refractivity contribution in [2.75, 3.05) is 0 Å². The topological polar surface area (TPSA) is 279 Å². The number of hydrogen-bond donors (Lipinski definition) is 6. The Bertz CT molecular complexity index is 691. The summed E-state index contributed by atoms with van der Waals surface area (Å²) in [5.74, 6) is 0. The van der Waals surface area contributed by atoms with Gasteiger partial charge in [-0.2, -0.15) is 0 Å². The van der Waals surface area contributed by atoms with Crippen LogP contribution in [0.3, 0.4) is 0 Å². The van der Waals surface area contributed by atoms with E-state index in [4.69, 9.17) is 29.4 Å². The van der Waals surface area contributed by atoms with Gasteiger partial charge in [0.15, 0.2) is 24.4 Å². The van der Waals surface area contributed by atoms with Crippen LogP contribution in [-0.4, -0.2) is 66.0 Å². The molecule has 0 amide bonds. The van der Waals surface area contributed by atoms with Gasteiger partial charge >= 0.3 is 49.5 Å². The molecule has 30 heavy (non-hydrogen) atoms. The zero-order valence-electron chi connectivity index (χ0n) is 13.7. The summed E-state index contributed by atoms with van der Waals surface area (Å²) in [6, 6.07) is 0. The lowest BCUT2D eigenvalue weighted by atomic mass is 9.85. The zero-order valence-corrected chi connectivity index (χ0v) is 19.1. The molecule has 8 unspecified atom stereocenters. The largest absolute Gasteiger partial charge is 0.695 e. The standard InChI is InChI=1S/C6H8O18P6/c7-25-19-1-2(20-26(8)9)4(22-28(12)13)6(24-30(16,17)18)5(23-29(14)15)3(1)21-27(10)11/h1-6H,(H2-4,8,9,10,11,12,13,14,15,16,17,18)/p+4. The lowest BCUT2D eigenvalue weighted by molar-refractivity contribution is -0.186. The van der Waals surface area contributed by atoms with Crippen LogP contribution in [0.1, 0.15) is 0 Å². The maximum absolute atomic E-state index is 11.3. The van der Waals surface area contributed by atoms with Gasteiger partial charge in [0.25, 0.3) is 0 Å². The highest BCUT2D eigenvalue weighted by molar-refractivity contribution is 7.46. The normalized spacial score (nSPS) is 31.9. The number of hydrogen-bond acceptors (Lipinski definition) is 12. The van der Waals surface area contributed by atoms with Gasteiger partial charge in [-0.1, -0.05) is 0 Å². The van der Waals surface area contributed by atoms with Crippen LogP contribution in [0.15, 0.2) is 0 Å². The van der Waals surface area contributed by atoms with Crippen molar-refractivity contribution >= 4 is 49.5 Å². The van der Waals surface area contributed by atoms with Crippen molar-refractivity contribution in [3.8, 4) is 0 Å². The van der Waals surface area contributed by atoms with Gasteiger partial charge in [-0.3, -0.25) is 9.05 Å². The van der Waals surface area contributed by atoms with E-state index < -0.39 is 86.2 Å². The quantitative estimate of drug-likeness (QED) is 0.175. The fourth-order valence-electron chi connectivity index (χ4n) is 2.47. The molecule has 6 N–H and O–H groups in total. The molecule has 0 radical (unpaired) electrons. The van der Waals surface area contributed by atoms with E-state index in [0.29, 0.717) is 0 Å². The highest BCUT2D eigenvalue weighted by Gasteiger charge is 2.65. The number of phosphoric acid groups is 1. The lowest BCUT2D eigenvalue weighted by Crippen LogP contribution is -2.65. The van der Waals surface area contributed by atoms with Gasteiger partial charge in [0.1, 0.15) is 12.2 Å². The van der Waals surface area contributed by atoms with E-state index in [0.717, 1.165) is 0 Å². The van der Waals surface area contributed by atoms with Gasteiger partial charge in [-0.05, 0) is 0 Å². The molecule has 1 saturated carbocycles. The van der Waals surface area contributed by atoms with Crippen molar-refractivity contribution in [3.63, 3.8) is 0 Å². The van der Waals surface area contributed by atoms with E-state index in [1.165, 1.54) is 0 Å². The van der Waals surface area contributed by atoms with E-state index in [1.807, 2.05) is 0 Å². The molecule has 0 aromatic carbocycles. The molecule has 170 valence electrons. The Kier molecular flexibility index (Phi) is 11.8. The second-order valence-electron chi connectivity index (χ2n) is 4.94. The first-order chi connectivity index (χ1) is 13.8. The second kappa shape index (κ2) is 12.5. The van der Waals surface area contributed by atoms with Gasteiger partial charge in [0, 0.05) is 18.3 Å². The summed E-state index contributed by atoms with van der Waals surface area (Å²) in [7, 11) is -21.3. The minimum atomic E-state index is -5.55. The van der Waals surface area contributed by atoms with Crippen molar-refractivity contribution in [1.82, 2.24) is 0 Å². The molecule has 0 aliphatic heterocycles. The molecule has 0 spiro atoms. The number of phosphoric ester groups is 1. The highest BCUT2D eigenvalue weighted by Crippen LogP contribution is 2.49. The van der Waals surface area contributed by atoms with Crippen molar-refractivity contribution in [3.05, 3.63) is 0 Å². The summed E-state index contributed by atoms with van der Waals surface area (Å²) in [5.41, 5.74) is 0. The smallest absolute Gasteiger partial charge is 0.303 e. The Morgan fingerprint density at radius 3 is 1.17 bits per heavy atom. The van der Waals surface area contributed by atoms with Crippen LogP contribution in [0.5, 0.6) is 0 Å². The van der Waals surface area contributed by atoms with Crippen LogP contribution in [-0.2, 0) is 54.5 Å². The van der Waals surface area contributed by atoms with E-state index >= 15 is 0 Å². The molecule has 1 aliphatic carbocycles. The minimum absolute atomic E-state index is 1.22. The van der Waals surface area contributed by atoms with Crippen molar-refractivity contribution in [1.29, 1.82) is 0 Å². The summed E-state index contributed by atoms with van der Waals surface area (Å²) in [5, 5.41) is 0. The van der Waals surface area contributed by atoms with Gasteiger partial charge in [-0.25, -0.2) is 9.13 Å². The lowest BCUT2D eigenvalue weighted by Gasteiger charge is -2.40. The zero-order chi connectivity index (χ0) is 23.2. The van der Waals surface area contributed by atoms with E-state index in [9.17, 15) is 27.4 Å². The minimum Gasteiger partial charge on any atom is -0.303 e. The molecule has 1 fully saturated rings. The molecule has 8 atom stereocenters. The van der Waals surface area contributed by atoms with Crippen molar-refractivity contribution in [2.24, 2.45) is 0 Å². The van der Waals surface area contributed by atoms with Gasteiger partial charge in [0.05, 0.1) is 0 Å². The second-order valence-corrected chi connectivity index (χ2v) is 9.23. The first-order valence-corrected chi connectivity index (χ1v) is 13.6. The third-order valence-electron chi connectivity index (χ3n) is 3.21. The van der Waals surface area contributed by atoms with Crippen molar-refractivity contribution in [2.45, 2.75) is 36.6 Å². The van der Waals surface area contributed by atoms with Gasteiger partial charge in [0.2, 0.25) is 0 Å². The fraction of sp³-hybridized carbons (Fsp3) is 1.00. The molecule has 0 bridgehead atoms. The predicted octanol–water partition coefficient (Wildman–Crippen LogP) is 0.209. The van der Waals surface area contributed by atoms with Crippen LogP contribution in [0, 0.1) is 0 Å².